The highest BCUT2D eigenvalue weighted by molar-refractivity contribution is 7.13. The molecule has 1 atom stereocenters. The molecule has 2 aromatic rings. The van der Waals surface area contributed by atoms with Crippen LogP contribution in [0, 0.1) is 0 Å². The molecule has 1 aromatic heterocycles. The Morgan fingerprint density at radius 2 is 1.83 bits per heavy atom. The van der Waals surface area contributed by atoms with E-state index in [1.165, 1.54) is 5.69 Å². The fraction of sp³-hybridized carbons (Fsp3) is 0.471. The summed E-state index contributed by atoms with van der Waals surface area (Å²) in [6, 6.07) is 8.94. The summed E-state index contributed by atoms with van der Waals surface area (Å²) in [5, 5.41) is 9.64. The fourth-order valence-electron chi connectivity index (χ4n) is 2.63. The number of hydrogen-bond acceptors (Lipinski definition) is 6. The standard InChI is InChI=1S/C17H25N5S/c1-13(18-2)16-12-23-17(20-16)19-14-4-6-15(7-5-14)22-10-8-21(3)9-11-22/h4-7,12-13,18H,8-11H2,1-3H3,(H,19,20). The molecule has 0 saturated carbocycles. The van der Waals surface area contributed by atoms with Gasteiger partial charge in [0.1, 0.15) is 0 Å². The maximum Gasteiger partial charge on any atom is 0.187 e. The summed E-state index contributed by atoms with van der Waals surface area (Å²) in [7, 11) is 4.13. The lowest BCUT2D eigenvalue weighted by molar-refractivity contribution is 0.313. The van der Waals surface area contributed by atoms with Gasteiger partial charge in [-0.3, -0.25) is 0 Å². The molecule has 0 aliphatic carbocycles. The minimum absolute atomic E-state index is 0.279. The van der Waals surface area contributed by atoms with Gasteiger partial charge in [0, 0.05) is 49.0 Å². The smallest absolute Gasteiger partial charge is 0.187 e. The van der Waals surface area contributed by atoms with Crippen molar-refractivity contribution in [2.45, 2.75) is 13.0 Å². The predicted molar refractivity (Wildman–Crippen MR) is 99.0 cm³/mol. The van der Waals surface area contributed by atoms with Gasteiger partial charge in [0.2, 0.25) is 0 Å². The van der Waals surface area contributed by atoms with Gasteiger partial charge in [-0.2, -0.15) is 0 Å². The van der Waals surface area contributed by atoms with E-state index in [-0.39, 0.29) is 6.04 Å². The Hall–Kier alpha value is -1.63. The van der Waals surface area contributed by atoms with E-state index in [1.807, 2.05) is 7.05 Å². The van der Waals surface area contributed by atoms with Gasteiger partial charge in [0.15, 0.2) is 5.13 Å². The first kappa shape index (κ1) is 16.2. The van der Waals surface area contributed by atoms with Crippen LogP contribution >= 0.6 is 11.3 Å². The highest BCUT2D eigenvalue weighted by Gasteiger charge is 2.14. The number of rotatable bonds is 5. The van der Waals surface area contributed by atoms with Crippen LogP contribution in [0.2, 0.25) is 0 Å². The molecule has 1 aromatic carbocycles. The monoisotopic (exact) mass is 331 g/mol. The molecule has 6 heteroatoms. The summed E-state index contributed by atoms with van der Waals surface area (Å²) in [6.45, 7) is 6.57. The lowest BCUT2D eigenvalue weighted by Gasteiger charge is -2.34. The van der Waals surface area contributed by atoms with Gasteiger partial charge >= 0.3 is 0 Å². The van der Waals surface area contributed by atoms with E-state index in [2.05, 4.69) is 69.0 Å². The molecule has 0 bridgehead atoms. The lowest BCUT2D eigenvalue weighted by Crippen LogP contribution is -2.44. The van der Waals surface area contributed by atoms with E-state index in [1.54, 1.807) is 11.3 Å². The first-order chi connectivity index (χ1) is 11.2. The number of thiazole rings is 1. The Balaban J connectivity index is 1.62. The van der Waals surface area contributed by atoms with Gasteiger partial charge in [-0.1, -0.05) is 0 Å². The Kier molecular flexibility index (Phi) is 5.15. The highest BCUT2D eigenvalue weighted by Crippen LogP contribution is 2.25. The third kappa shape index (κ3) is 4.02. The molecule has 1 unspecified atom stereocenters. The van der Waals surface area contributed by atoms with E-state index in [0.29, 0.717) is 0 Å². The van der Waals surface area contributed by atoms with E-state index < -0.39 is 0 Å². The van der Waals surface area contributed by atoms with Gasteiger partial charge in [-0.05, 0) is 45.3 Å². The molecule has 2 N–H and O–H groups in total. The van der Waals surface area contributed by atoms with Crippen LogP contribution in [-0.4, -0.2) is 50.2 Å². The van der Waals surface area contributed by atoms with Crippen molar-refractivity contribution >= 4 is 27.8 Å². The van der Waals surface area contributed by atoms with E-state index in [0.717, 1.165) is 42.7 Å². The number of aromatic nitrogens is 1. The molecule has 5 nitrogen and oxygen atoms in total. The molecule has 2 heterocycles. The Labute approximate surface area is 142 Å². The van der Waals surface area contributed by atoms with Crippen molar-refractivity contribution in [2.24, 2.45) is 0 Å². The molecular formula is C17H25N5S. The van der Waals surface area contributed by atoms with Gasteiger partial charge in [-0.15, -0.1) is 11.3 Å². The van der Waals surface area contributed by atoms with Crippen molar-refractivity contribution in [3.8, 4) is 0 Å². The van der Waals surface area contributed by atoms with Gasteiger partial charge in [0.25, 0.3) is 0 Å². The maximum absolute atomic E-state index is 4.63. The molecule has 3 rings (SSSR count). The van der Waals surface area contributed by atoms with E-state index in [4.69, 9.17) is 0 Å². The largest absolute Gasteiger partial charge is 0.369 e. The second kappa shape index (κ2) is 7.29. The molecule has 1 aliphatic rings. The molecule has 0 amide bonds. The molecule has 23 heavy (non-hydrogen) atoms. The number of likely N-dealkylation sites (N-methyl/N-ethyl adjacent to an activating group) is 1. The Morgan fingerprint density at radius 3 is 2.48 bits per heavy atom. The van der Waals surface area contributed by atoms with Crippen molar-refractivity contribution < 1.29 is 0 Å². The molecule has 1 aliphatic heterocycles. The number of nitrogens with one attached hydrogen (secondary N) is 2. The van der Waals surface area contributed by atoms with E-state index in [9.17, 15) is 0 Å². The average Bonchev–Trinajstić information content (AvgIpc) is 3.04. The first-order valence-electron chi connectivity index (χ1n) is 8.09. The quantitative estimate of drug-likeness (QED) is 0.882. The summed E-state index contributed by atoms with van der Waals surface area (Å²) < 4.78 is 0. The zero-order chi connectivity index (χ0) is 16.2. The fourth-order valence-corrected chi connectivity index (χ4v) is 3.46. The molecule has 0 radical (unpaired) electrons. The van der Waals surface area contributed by atoms with Crippen molar-refractivity contribution in [3.63, 3.8) is 0 Å². The summed E-state index contributed by atoms with van der Waals surface area (Å²) in [5.41, 5.74) is 3.46. The molecule has 0 spiro atoms. The minimum atomic E-state index is 0.279. The summed E-state index contributed by atoms with van der Waals surface area (Å²) >= 11 is 1.64. The zero-order valence-corrected chi connectivity index (χ0v) is 14.9. The highest BCUT2D eigenvalue weighted by atomic mass is 32.1. The number of piperazine rings is 1. The van der Waals surface area contributed by atoms with Crippen LogP contribution in [0.25, 0.3) is 0 Å². The number of nitrogens with zero attached hydrogens (tertiary/aromatic N) is 3. The van der Waals surface area contributed by atoms with Gasteiger partial charge < -0.3 is 20.4 Å². The molecule has 124 valence electrons. The van der Waals surface area contributed by atoms with Crippen molar-refractivity contribution in [2.75, 3.05) is 50.5 Å². The SMILES string of the molecule is CNC(C)c1csc(Nc2ccc(N3CCN(C)CC3)cc2)n1. The zero-order valence-electron chi connectivity index (χ0n) is 14.0. The van der Waals surface area contributed by atoms with Gasteiger partial charge in [-0.25, -0.2) is 4.98 Å². The molecule has 1 saturated heterocycles. The van der Waals surface area contributed by atoms with Crippen LogP contribution in [0.5, 0.6) is 0 Å². The molecular weight excluding hydrogens is 306 g/mol. The second-order valence-corrected chi connectivity index (χ2v) is 6.91. The van der Waals surface area contributed by atoms with Crippen LogP contribution < -0.4 is 15.5 Å². The summed E-state index contributed by atoms with van der Waals surface area (Å²) in [6.07, 6.45) is 0. The van der Waals surface area contributed by atoms with Crippen molar-refractivity contribution in [1.82, 2.24) is 15.2 Å². The third-order valence-electron chi connectivity index (χ3n) is 4.39. The lowest BCUT2D eigenvalue weighted by atomic mass is 10.2. The number of benzene rings is 1. The second-order valence-electron chi connectivity index (χ2n) is 6.05. The normalized spacial score (nSPS) is 17.3. The number of hydrogen-bond donors (Lipinski definition) is 2. The van der Waals surface area contributed by atoms with Crippen LogP contribution in [0.3, 0.4) is 0 Å². The summed E-state index contributed by atoms with van der Waals surface area (Å²) in [5.74, 6) is 0. The van der Waals surface area contributed by atoms with Crippen molar-refractivity contribution in [1.29, 1.82) is 0 Å². The Bertz CT molecular complexity index is 616. The van der Waals surface area contributed by atoms with Crippen LogP contribution in [-0.2, 0) is 0 Å². The third-order valence-corrected chi connectivity index (χ3v) is 5.16. The van der Waals surface area contributed by atoms with Crippen LogP contribution in [0.15, 0.2) is 29.6 Å². The van der Waals surface area contributed by atoms with Crippen LogP contribution in [0.1, 0.15) is 18.7 Å². The van der Waals surface area contributed by atoms with Crippen LogP contribution in [0.4, 0.5) is 16.5 Å². The average molecular weight is 331 g/mol. The Morgan fingerprint density at radius 1 is 1.13 bits per heavy atom. The summed E-state index contributed by atoms with van der Waals surface area (Å²) in [4.78, 5) is 9.44. The first-order valence-corrected chi connectivity index (χ1v) is 8.97. The predicted octanol–water partition coefficient (Wildman–Crippen LogP) is 2.92. The van der Waals surface area contributed by atoms with Crippen molar-refractivity contribution in [3.05, 3.63) is 35.3 Å². The van der Waals surface area contributed by atoms with E-state index >= 15 is 0 Å². The minimum Gasteiger partial charge on any atom is -0.369 e. The maximum atomic E-state index is 4.63. The molecule has 1 fully saturated rings. The topological polar surface area (TPSA) is 43.4 Å². The van der Waals surface area contributed by atoms with Gasteiger partial charge in [0.05, 0.1) is 5.69 Å². The number of anilines is 3.